The molecule has 0 aliphatic carbocycles. The molecule has 0 aliphatic rings. The van der Waals surface area contributed by atoms with Gasteiger partial charge in [-0.2, -0.15) is 4.98 Å². The van der Waals surface area contributed by atoms with Crippen LogP contribution in [0.2, 0.25) is 0 Å². The number of oxazole rings is 1. The number of rotatable bonds is 1. The standard InChI is InChI=1S/C9H12N2O.C2H6/c1-6(2)8-7(3)11-4-5-12-9(11)10-8;1-2/h4-6H,1-3H3;1-2H3. The van der Waals surface area contributed by atoms with Gasteiger partial charge in [0.2, 0.25) is 0 Å². The van der Waals surface area contributed by atoms with E-state index in [1.54, 1.807) is 6.26 Å². The van der Waals surface area contributed by atoms with Crippen LogP contribution in [-0.4, -0.2) is 9.38 Å². The second-order valence-electron chi connectivity index (χ2n) is 3.29. The number of aryl methyl sites for hydroxylation is 1. The van der Waals surface area contributed by atoms with E-state index in [1.807, 2.05) is 24.4 Å². The minimum atomic E-state index is 0.458. The van der Waals surface area contributed by atoms with Crippen molar-refractivity contribution in [3.8, 4) is 0 Å². The van der Waals surface area contributed by atoms with Crippen LogP contribution < -0.4 is 0 Å². The average Bonchev–Trinajstić information content (AvgIpc) is 2.72. The zero-order valence-corrected chi connectivity index (χ0v) is 9.53. The van der Waals surface area contributed by atoms with Crippen molar-refractivity contribution in [1.29, 1.82) is 0 Å². The third-order valence-electron chi connectivity index (χ3n) is 2.08. The largest absolute Gasteiger partial charge is 0.432 e. The van der Waals surface area contributed by atoms with Crippen LogP contribution in [0, 0.1) is 6.92 Å². The smallest absolute Gasteiger partial charge is 0.306 e. The number of nitrogens with zero attached hydrogens (tertiary/aromatic N) is 2. The van der Waals surface area contributed by atoms with Crippen LogP contribution in [0.4, 0.5) is 0 Å². The molecule has 0 aromatic carbocycles. The summed E-state index contributed by atoms with van der Waals surface area (Å²) in [6.07, 6.45) is 3.54. The van der Waals surface area contributed by atoms with Crippen molar-refractivity contribution < 1.29 is 4.42 Å². The Balaban J connectivity index is 0.000000461. The predicted octanol–water partition coefficient (Wildman–Crippen LogP) is 3.39. The molecule has 0 spiro atoms. The lowest BCUT2D eigenvalue weighted by atomic mass is 10.1. The Hall–Kier alpha value is -1.25. The molecule has 2 heterocycles. The highest BCUT2D eigenvalue weighted by Gasteiger charge is 2.12. The van der Waals surface area contributed by atoms with Gasteiger partial charge in [0, 0.05) is 11.9 Å². The topological polar surface area (TPSA) is 30.4 Å². The molecule has 3 heteroatoms. The van der Waals surface area contributed by atoms with Crippen molar-refractivity contribution in [1.82, 2.24) is 9.38 Å². The minimum Gasteiger partial charge on any atom is -0.432 e. The molecule has 0 fully saturated rings. The van der Waals surface area contributed by atoms with E-state index in [9.17, 15) is 0 Å². The van der Waals surface area contributed by atoms with E-state index in [0.717, 1.165) is 5.69 Å². The van der Waals surface area contributed by atoms with Crippen LogP contribution in [0.3, 0.4) is 0 Å². The lowest BCUT2D eigenvalue weighted by Gasteiger charge is -1.99. The fourth-order valence-electron chi connectivity index (χ4n) is 1.46. The third kappa shape index (κ3) is 1.67. The van der Waals surface area contributed by atoms with Gasteiger partial charge in [-0.25, -0.2) is 0 Å². The Morgan fingerprint density at radius 1 is 1.36 bits per heavy atom. The highest BCUT2D eigenvalue weighted by atomic mass is 16.3. The molecule has 0 aliphatic heterocycles. The molecule has 2 aromatic heterocycles. The molecule has 0 saturated carbocycles. The summed E-state index contributed by atoms with van der Waals surface area (Å²) in [5.74, 6) is 1.15. The lowest BCUT2D eigenvalue weighted by Crippen LogP contribution is -1.91. The van der Waals surface area contributed by atoms with E-state index in [0.29, 0.717) is 11.8 Å². The van der Waals surface area contributed by atoms with E-state index >= 15 is 0 Å². The van der Waals surface area contributed by atoms with Gasteiger partial charge in [-0.15, -0.1) is 0 Å². The maximum absolute atomic E-state index is 5.18. The van der Waals surface area contributed by atoms with Crippen LogP contribution >= 0.6 is 0 Å². The molecule has 0 atom stereocenters. The first-order valence-electron chi connectivity index (χ1n) is 5.12. The van der Waals surface area contributed by atoms with E-state index in [4.69, 9.17) is 4.42 Å². The van der Waals surface area contributed by atoms with Gasteiger partial charge in [0.05, 0.1) is 5.69 Å². The van der Waals surface area contributed by atoms with Crippen molar-refractivity contribution in [3.05, 3.63) is 23.8 Å². The molecule has 2 aromatic rings. The zero-order valence-electron chi connectivity index (χ0n) is 9.53. The van der Waals surface area contributed by atoms with Crippen molar-refractivity contribution in [3.63, 3.8) is 0 Å². The highest BCUT2D eigenvalue weighted by molar-refractivity contribution is 5.33. The van der Waals surface area contributed by atoms with Gasteiger partial charge in [0.25, 0.3) is 0 Å². The first-order chi connectivity index (χ1) is 6.70. The summed E-state index contributed by atoms with van der Waals surface area (Å²) >= 11 is 0. The monoisotopic (exact) mass is 194 g/mol. The van der Waals surface area contributed by atoms with Crippen LogP contribution in [0.25, 0.3) is 5.84 Å². The highest BCUT2D eigenvalue weighted by Crippen LogP contribution is 2.19. The summed E-state index contributed by atoms with van der Waals surface area (Å²) in [6.45, 7) is 10.3. The molecule has 0 bridgehead atoms. The Morgan fingerprint density at radius 3 is 2.50 bits per heavy atom. The molecular weight excluding hydrogens is 176 g/mol. The second kappa shape index (κ2) is 4.31. The number of imidazole rings is 1. The Bertz CT molecular complexity index is 398. The molecule has 0 saturated heterocycles. The molecule has 0 amide bonds. The summed E-state index contributed by atoms with van der Waals surface area (Å²) in [7, 11) is 0. The molecule has 78 valence electrons. The Morgan fingerprint density at radius 2 is 2.00 bits per heavy atom. The fraction of sp³-hybridized carbons (Fsp3) is 0.545. The normalized spacial score (nSPS) is 10.4. The molecule has 14 heavy (non-hydrogen) atoms. The van der Waals surface area contributed by atoms with Gasteiger partial charge >= 0.3 is 5.84 Å². The van der Waals surface area contributed by atoms with Crippen molar-refractivity contribution in [2.45, 2.75) is 40.5 Å². The zero-order chi connectivity index (χ0) is 10.7. The van der Waals surface area contributed by atoms with Crippen LogP contribution in [0.15, 0.2) is 16.9 Å². The Kier molecular flexibility index (Phi) is 3.33. The van der Waals surface area contributed by atoms with Crippen molar-refractivity contribution in [2.75, 3.05) is 0 Å². The molecule has 2 rings (SSSR count). The van der Waals surface area contributed by atoms with E-state index < -0.39 is 0 Å². The third-order valence-corrected chi connectivity index (χ3v) is 2.08. The molecule has 3 nitrogen and oxygen atoms in total. The minimum absolute atomic E-state index is 0.458. The summed E-state index contributed by atoms with van der Waals surface area (Å²) < 4.78 is 7.15. The van der Waals surface area contributed by atoms with Gasteiger partial charge in [-0.1, -0.05) is 27.7 Å². The molecule has 0 radical (unpaired) electrons. The van der Waals surface area contributed by atoms with Crippen LogP contribution in [0.5, 0.6) is 0 Å². The summed E-state index contributed by atoms with van der Waals surface area (Å²) in [4.78, 5) is 4.37. The molecule has 0 N–H and O–H groups in total. The average molecular weight is 194 g/mol. The maximum atomic E-state index is 5.18. The maximum Gasteiger partial charge on any atom is 0.306 e. The van der Waals surface area contributed by atoms with Crippen LogP contribution in [-0.2, 0) is 0 Å². The SMILES string of the molecule is CC.Cc1c(C(C)C)nc2occn12. The summed E-state index contributed by atoms with van der Waals surface area (Å²) in [5, 5.41) is 0. The van der Waals surface area contributed by atoms with Crippen LogP contribution in [0.1, 0.15) is 45.0 Å². The van der Waals surface area contributed by atoms with Gasteiger partial charge in [-0.05, 0) is 12.8 Å². The summed E-state index contributed by atoms with van der Waals surface area (Å²) in [5.41, 5.74) is 2.29. The van der Waals surface area contributed by atoms with E-state index in [-0.39, 0.29) is 0 Å². The van der Waals surface area contributed by atoms with Gasteiger partial charge in [0.1, 0.15) is 6.26 Å². The first kappa shape index (κ1) is 10.8. The summed E-state index contributed by atoms with van der Waals surface area (Å²) in [6, 6.07) is 0. The first-order valence-corrected chi connectivity index (χ1v) is 5.12. The lowest BCUT2D eigenvalue weighted by molar-refractivity contribution is 0.593. The van der Waals surface area contributed by atoms with Crippen molar-refractivity contribution >= 4 is 5.84 Å². The second-order valence-corrected chi connectivity index (χ2v) is 3.29. The van der Waals surface area contributed by atoms with Crippen molar-refractivity contribution in [2.24, 2.45) is 0 Å². The van der Waals surface area contributed by atoms with E-state index in [1.165, 1.54) is 5.69 Å². The number of hydrogen-bond acceptors (Lipinski definition) is 2. The van der Waals surface area contributed by atoms with Gasteiger partial charge < -0.3 is 4.42 Å². The fourth-order valence-corrected chi connectivity index (χ4v) is 1.46. The Labute approximate surface area is 84.8 Å². The molecular formula is C11H18N2O. The van der Waals surface area contributed by atoms with Gasteiger partial charge in [-0.3, -0.25) is 4.40 Å². The number of hydrogen-bond donors (Lipinski definition) is 0. The molecule has 0 unspecified atom stereocenters. The predicted molar refractivity (Wildman–Crippen MR) is 57.6 cm³/mol. The quantitative estimate of drug-likeness (QED) is 0.696. The van der Waals surface area contributed by atoms with Gasteiger partial charge in [0.15, 0.2) is 0 Å². The van der Waals surface area contributed by atoms with E-state index in [2.05, 4.69) is 25.8 Å². The number of fused-ring (bicyclic) bond motifs is 1. The number of aromatic nitrogens is 2.